The Morgan fingerprint density at radius 1 is 1.24 bits per heavy atom. The van der Waals surface area contributed by atoms with Crippen LogP contribution in [0.15, 0.2) is 24.3 Å². The van der Waals surface area contributed by atoms with Crippen molar-refractivity contribution in [3.8, 4) is 0 Å². The van der Waals surface area contributed by atoms with Crippen LogP contribution in [0.25, 0.3) is 6.08 Å². The van der Waals surface area contributed by atoms with Gasteiger partial charge in [-0.2, -0.15) is 0 Å². The average molecular weight is 227 g/mol. The second kappa shape index (κ2) is 3.99. The first-order valence-corrected chi connectivity index (χ1v) is 6.73. The van der Waals surface area contributed by atoms with Crippen LogP contribution in [0, 0.1) is 6.92 Å². The molecule has 1 aromatic rings. The van der Waals surface area contributed by atoms with Gasteiger partial charge in [-0.15, -0.1) is 0 Å². The Kier molecular flexibility index (Phi) is 2.59. The summed E-state index contributed by atoms with van der Waals surface area (Å²) in [5.74, 6) is 0. The average Bonchev–Trinajstić information content (AvgIpc) is 2.33. The van der Waals surface area contributed by atoms with Crippen molar-refractivity contribution in [3.63, 3.8) is 0 Å². The molecule has 2 aliphatic carbocycles. The lowest BCUT2D eigenvalue weighted by Gasteiger charge is -2.42. The highest BCUT2D eigenvalue weighted by atomic mass is 14.6. The first-order valence-electron chi connectivity index (χ1n) is 6.73. The number of fused-ring (bicyclic) bond motifs is 2. The molecule has 1 heteroatoms. The molecule has 1 aromatic carbocycles. The van der Waals surface area contributed by atoms with Crippen LogP contribution in [0.1, 0.15) is 48.8 Å². The minimum atomic E-state index is 0.396. The lowest BCUT2D eigenvalue weighted by Crippen LogP contribution is -2.38. The number of benzene rings is 1. The molecule has 1 saturated carbocycles. The first-order chi connectivity index (χ1) is 8.20. The maximum absolute atomic E-state index is 6.05. The van der Waals surface area contributed by atoms with Crippen molar-refractivity contribution in [2.45, 2.75) is 50.5 Å². The summed E-state index contributed by atoms with van der Waals surface area (Å²) in [6, 6.07) is 7.36. The molecule has 1 nitrogen and oxygen atoms in total. The Bertz CT molecular complexity index is 451. The molecule has 0 aromatic heterocycles. The van der Waals surface area contributed by atoms with E-state index in [1.54, 1.807) is 5.56 Å². The monoisotopic (exact) mass is 227 g/mol. The van der Waals surface area contributed by atoms with Gasteiger partial charge in [-0.1, -0.05) is 35.9 Å². The molecule has 0 radical (unpaired) electrons. The van der Waals surface area contributed by atoms with Crippen molar-refractivity contribution >= 4 is 6.08 Å². The second-order valence-electron chi connectivity index (χ2n) is 5.81. The van der Waals surface area contributed by atoms with Crippen LogP contribution in [0.4, 0.5) is 0 Å². The molecule has 0 amide bonds. The molecule has 0 atom stereocenters. The quantitative estimate of drug-likeness (QED) is 0.720. The summed E-state index contributed by atoms with van der Waals surface area (Å²) < 4.78 is 0. The minimum absolute atomic E-state index is 0.396. The molecule has 90 valence electrons. The van der Waals surface area contributed by atoms with Gasteiger partial charge >= 0.3 is 0 Å². The predicted octanol–water partition coefficient (Wildman–Crippen LogP) is 3.55. The van der Waals surface area contributed by atoms with Gasteiger partial charge in [0.05, 0.1) is 0 Å². The Morgan fingerprint density at radius 2 is 2.00 bits per heavy atom. The molecule has 17 heavy (non-hydrogen) atoms. The van der Waals surface area contributed by atoms with E-state index in [1.165, 1.54) is 43.2 Å². The molecule has 2 aliphatic rings. The van der Waals surface area contributed by atoms with Gasteiger partial charge in [0.2, 0.25) is 0 Å². The number of nitrogens with two attached hydrogens (primary N) is 1. The lowest BCUT2D eigenvalue weighted by molar-refractivity contribution is 0.269. The molecule has 0 unspecified atom stereocenters. The second-order valence-corrected chi connectivity index (χ2v) is 5.81. The Labute approximate surface area is 104 Å². The zero-order chi connectivity index (χ0) is 11.9. The van der Waals surface area contributed by atoms with Gasteiger partial charge in [-0.3, -0.25) is 0 Å². The van der Waals surface area contributed by atoms with Crippen molar-refractivity contribution in [1.29, 1.82) is 0 Å². The molecular formula is C16H21N. The van der Waals surface area contributed by atoms with Crippen LogP contribution in [0.3, 0.4) is 0 Å². The van der Waals surface area contributed by atoms with E-state index in [0.29, 0.717) is 11.5 Å². The summed E-state index contributed by atoms with van der Waals surface area (Å²) in [5, 5.41) is 0. The molecule has 3 rings (SSSR count). The highest BCUT2D eigenvalue weighted by Gasteiger charge is 2.37. The van der Waals surface area contributed by atoms with Crippen LogP contribution in [-0.2, 0) is 5.41 Å². The molecule has 1 fully saturated rings. The smallest absolute Gasteiger partial charge is 0.00394 e. The number of hydrogen-bond donors (Lipinski definition) is 1. The van der Waals surface area contributed by atoms with Crippen LogP contribution < -0.4 is 5.73 Å². The number of rotatable bonds is 0. The van der Waals surface area contributed by atoms with E-state index < -0.39 is 0 Å². The summed E-state index contributed by atoms with van der Waals surface area (Å²) in [4.78, 5) is 0. The van der Waals surface area contributed by atoms with Crippen LogP contribution in [0.2, 0.25) is 0 Å². The molecular weight excluding hydrogens is 206 g/mol. The zero-order valence-electron chi connectivity index (χ0n) is 10.6. The molecule has 1 spiro atoms. The Hall–Kier alpha value is -1.08. The maximum atomic E-state index is 6.05. The van der Waals surface area contributed by atoms with Crippen molar-refractivity contribution in [2.75, 3.05) is 0 Å². The van der Waals surface area contributed by atoms with Gasteiger partial charge in [-0.05, 0) is 55.6 Å². The van der Waals surface area contributed by atoms with E-state index in [-0.39, 0.29) is 0 Å². The maximum Gasteiger partial charge on any atom is 0.00394 e. The van der Waals surface area contributed by atoms with Crippen molar-refractivity contribution < 1.29 is 0 Å². The Morgan fingerprint density at radius 3 is 2.76 bits per heavy atom. The van der Waals surface area contributed by atoms with Gasteiger partial charge in [-0.25, -0.2) is 0 Å². The third-order valence-electron chi connectivity index (χ3n) is 4.57. The largest absolute Gasteiger partial charge is 0.328 e. The highest BCUT2D eigenvalue weighted by molar-refractivity contribution is 5.60. The summed E-state index contributed by atoms with van der Waals surface area (Å²) in [6.07, 6.45) is 10.7. The first kappa shape index (κ1) is 11.0. The molecule has 0 bridgehead atoms. The number of hydrogen-bond acceptors (Lipinski definition) is 1. The van der Waals surface area contributed by atoms with Crippen LogP contribution in [-0.4, -0.2) is 6.04 Å². The van der Waals surface area contributed by atoms with Gasteiger partial charge in [0.25, 0.3) is 0 Å². The molecule has 0 saturated heterocycles. The van der Waals surface area contributed by atoms with Crippen LogP contribution >= 0.6 is 0 Å². The zero-order valence-corrected chi connectivity index (χ0v) is 10.6. The minimum Gasteiger partial charge on any atom is -0.328 e. The van der Waals surface area contributed by atoms with Crippen molar-refractivity contribution in [1.82, 2.24) is 0 Å². The van der Waals surface area contributed by atoms with E-state index in [2.05, 4.69) is 37.3 Å². The molecule has 0 aliphatic heterocycles. The molecule has 2 N–H and O–H groups in total. The van der Waals surface area contributed by atoms with Gasteiger partial charge < -0.3 is 5.73 Å². The topological polar surface area (TPSA) is 26.0 Å². The normalized spacial score (nSPS) is 31.5. The summed E-state index contributed by atoms with van der Waals surface area (Å²) in [6.45, 7) is 2.17. The lowest BCUT2D eigenvalue weighted by atomic mass is 9.63. The predicted molar refractivity (Wildman–Crippen MR) is 73.0 cm³/mol. The SMILES string of the molecule is Cc1ccc2c(c1)C=CCC21CCC(N)CC1. The number of aryl methyl sites for hydroxylation is 1. The molecule has 0 heterocycles. The highest BCUT2D eigenvalue weighted by Crippen LogP contribution is 2.46. The third kappa shape index (κ3) is 1.83. The number of allylic oxidation sites excluding steroid dienone is 1. The fourth-order valence-corrected chi connectivity index (χ4v) is 3.49. The standard InChI is InChI=1S/C16H21N/c1-12-4-5-15-13(11-12)3-2-8-16(15)9-6-14(17)7-10-16/h2-5,11,14H,6-10,17H2,1H3. The van der Waals surface area contributed by atoms with E-state index in [4.69, 9.17) is 5.73 Å². The van der Waals surface area contributed by atoms with E-state index in [0.717, 1.165) is 0 Å². The van der Waals surface area contributed by atoms with Gasteiger partial charge in [0.15, 0.2) is 0 Å². The van der Waals surface area contributed by atoms with Gasteiger partial charge in [0.1, 0.15) is 0 Å². The summed E-state index contributed by atoms with van der Waals surface area (Å²) in [7, 11) is 0. The van der Waals surface area contributed by atoms with E-state index in [9.17, 15) is 0 Å². The van der Waals surface area contributed by atoms with Crippen molar-refractivity contribution in [3.05, 3.63) is 41.0 Å². The fourth-order valence-electron chi connectivity index (χ4n) is 3.49. The fraction of sp³-hybridized carbons (Fsp3) is 0.500. The van der Waals surface area contributed by atoms with Crippen molar-refractivity contribution in [2.24, 2.45) is 5.73 Å². The summed E-state index contributed by atoms with van der Waals surface area (Å²) >= 11 is 0. The van der Waals surface area contributed by atoms with E-state index in [1.807, 2.05) is 0 Å². The van der Waals surface area contributed by atoms with Crippen LogP contribution in [0.5, 0.6) is 0 Å². The third-order valence-corrected chi connectivity index (χ3v) is 4.57. The van der Waals surface area contributed by atoms with E-state index >= 15 is 0 Å². The Balaban J connectivity index is 2.02. The summed E-state index contributed by atoms with van der Waals surface area (Å²) in [5.41, 5.74) is 10.8. The van der Waals surface area contributed by atoms with Gasteiger partial charge in [0, 0.05) is 6.04 Å².